The molecule has 19 heavy (non-hydrogen) atoms. The van der Waals surface area contributed by atoms with Crippen molar-refractivity contribution in [2.75, 3.05) is 6.54 Å². The van der Waals surface area contributed by atoms with Crippen molar-refractivity contribution in [1.82, 2.24) is 10.2 Å². The Bertz CT molecular complexity index is 361. The second-order valence-corrected chi connectivity index (χ2v) is 5.81. The van der Waals surface area contributed by atoms with Crippen LogP contribution in [0.5, 0.6) is 0 Å². The minimum Gasteiger partial charge on any atom is -0.342 e. The molecule has 0 aliphatic carbocycles. The van der Waals surface area contributed by atoms with Crippen LogP contribution in [0.3, 0.4) is 0 Å². The fourth-order valence-corrected chi connectivity index (χ4v) is 2.50. The Morgan fingerprint density at radius 1 is 1.21 bits per heavy atom. The van der Waals surface area contributed by atoms with Gasteiger partial charge < -0.3 is 10.2 Å². The summed E-state index contributed by atoms with van der Waals surface area (Å²) in [5, 5.41) is 2.87. The zero-order chi connectivity index (χ0) is 14.6. The average molecular weight is 266 g/mol. The summed E-state index contributed by atoms with van der Waals surface area (Å²) >= 11 is 0. The lowest BCUT2D eigenvalue weighted by Crippen LogP contribution is -2.66. The van der Waals surface area contributed by atoms with Gasteiger partial charge in [-0.25, -0.2) is 0 Å². The molecule has 0 bridgehead atoms. The van der Waals surface area contributed by atoms with Crippen LogP contribution in [0.15, 0.2) is 12.2 Å². The third-order valence-corrected chi connectivity index (χ3v) is 3.52. The Kier molecular flexibility index (Phi) is 5.58. The van der Waals surface area contributed by atoms with Crippen molar-refractivity contribution in [1.29, 1.82) is 0 Å². The van der Waals surface area contributed by atoms with E-state index in [1.165, 1.54) is 0 Å². The van der Waals surface area contributed by atoms with Crippen LogP contribution in [0.25, 0.3) is 0 Å². The molecule has 2 atom stereocenters. The molecule has 108 valence electrons. The zero-order valence-corrected chi connectivity index (χ0v) is 12.6. The van der Waals surface area contributed by atoms with Crippen molar-refractivity contribution < 1.29 is 9.59 Å². The van der Waals surface area contributed by atoms with Crippen LogP contribution in [-0.4, -0.2) is 35.3 Å². The van der Waals surface area contributed by atoms with E-state index in [2.05, 4.69) is 5.32 Å². The van der Waals surface area contributed by atoms with Crippen molar-refractivity contribution in [3.8, 4) is 0 Å². The Labute approximate surface area is 116 Å². The molecule has 0 saturated carbocycles. The van der Waals surface area contributed by atoms with Crippen LogP contribution >= 0.6 is 0 Å². The van der Waals surface area contributed by atoms with E-state index in [0.29, 0.717) is 6.54 Å². The summed E-state index contributed by atoms with van der Waals surface area (Å²) < 4.78 is 0. The Morgan fingerprint density at radius 3 is 2.32 bits per heavy atom. The predicted octanol–water partition coefficient (Wildman–Crippen LogP) is 1.96. The van der Waals surface area contributed by atoms with Crippen molar-refractivity contribution in [2.45, 2.75) is 53.1 Å². The van der Waals surface area contributed by atoms with Gasteiger partial charge in [-0.2, -0.15) is 0 Å². The molecule has 1 fully saturated rings. The van der Waals surface area contributed by atoms with Gasteiger partial charge in [0.1, 0.15) is 12.1 Å². The smallest absolute Gasteiger partial charge is 0.246 e. The maximum atomic E-state index is 12.5. The van der Waals surface area contributed by atoms with Crippen LogP contribution in [0.1, 0.15) is 41.0 Å². The quantitative estimate of drug-likeness (QED) is 0.773. The number of nitrogens with one attached hydrogen (secondary N) is 1. The van der Waals surface area contributed by atoms with Crippen molar-refractivity contribution in [3.05, 3.63) is 12.2 Å². The molecule has 4 heteroatoms. The molecule has 1 aliphatic heterocycles. The average Bonchev–Trinajstić information content (AvgIpc) is 2.32. The molecular formula is C15H26N2O2. The molecular weight excluding hydrogens is 240 g/mol. The number of rotatable bonds is 5. The third kappa shape index (κ3) is 3.58. The van der Waals surface area contributed by atoms with Gasteiger partial charge in [-0.15, -0.1) is 0 Å². The standard InChI is InChI=1S/C15H26N2O2/c1-6-7-8-9-17-13(11(4)5)14(18)16-12(10(2)3)15(17)19/h6-7,10-13H,8-9H2,1-5H3,(H,16,18)/b7-6+. The summed E-state index contributed by atoms with van der Waals surface area (Å²) in [6, 6.07) is -0.721. The van der Waals surface area contributed by atoms with E-state index in [1.54, 1.807) is 4.90 Å². The zero-order valence-electron chi connectivity index (χ0n) is 12.6. The molecule has 1 N–H and O–H groups in total. The first-order chi connectivity index (χ1) is 8.90. The number of piperazine rings is 1. The maximum absolute atomic E-state index is 12.5. The van der Waals surface area contributed by atoms with Crippen LogP contribution in [-0.2, 0) is 9.59 Å². The highest BCUT2D eigenvalue weighted by Gasteiger charge is 2.42. The maximum Gasteiger partial charge on any atom is 0.246 e. The van der Waals surface area contributed by atoms with Crippen molar-refractivity contribution >= 4 is 11.8 Å². The number of allylic oxidation sites excluding steroid dienone is 1. The summed E-state index contributed by atoms with van der Waals surface area (Å²) in [6.07, 6.45) is 4.80. The van der Waals surface area contributed by atoms with E-state index >= 15 is 0 Å². The van der Waals surface area contributed by atoms with E-state index in [1.807, 2.05) is 46.8 Å². The lowest BCUT2D eigenvalue weighted by Gasteiger charge is -2.42. The minimum atomic E-state index is -0.381. The highest BCUT2D eigenvalue weighted by molar-refractivity contribution is 5.97. The number of hydrogen-bond donors (Lipinski definition) is 1. The fraction of sp³-hybridized carbons (Fsp3) is 0.733. The second kappa shape index (κ2) is 6.73. The van der Waals surface area contributed by atoms with Crippen LogP contribution in [0.2, 0.25) is 0 Å². The van der Waals surface area contributed by atoms with Gasteiger partial charge in [0.2, 0.25) is 11.8 Å². The van der Waals surface area contributed by atoms with Crippen LogP contribution < -0.4 is 5.32 Å². The first kappa shape index (κ1) is 15.7. The van der Waals surface area contributed by atoms with E-state index < -0.39 is 0 Å². The first-order valence-electron chi connectivity index (χ1n) is 7.12. The lowest BCUT2D eigenvalue weighted by molar-refractivity contribution is -0.152. The molecule has 2 unspecified atom stereocenters. The van der Waals surface area contributed by atoms with Crippen LogP contribution in [0.4, 0.5) is 0 Å². The number of nitrogens with zero attached hydrogens (tertiary/aromatic N) is 1. The lowest BCUT2D eigenvalue weighted by atomic mass is 9.92. The number of carbonyl (C=O) groups is 2. The topological polar surface area (TPSA) is 49.4 Å². The van der Waals surface area contributed by atoms with E-state index in [-0.39, 0.29) is 35.7 Å². The summed E-state index contributed by atoms with van der Waals surface area (Å²) in [5.74, 6) is 0.281. The summed E-state index contributed by atoms with van der Waals surface area (Å²) in [4.78, 5) is 26.5. The van der Waals surface area contributed by atoms with E-state index in [0.717, 1.165) is 6.42 Å². The van der Waals surface area contributed by atoms with Gasteiger partial charge in [0.25, 0.3) is 0 Å². The van der Waals surface area contributed by atoms with Gasteiger partial charge in [-0.1, -0.05) is 39.8 Å². The molecule has 1 rings (SSSR count). The second-order valence-electron chi connectivity index (χ2n) is 5.81. The molecule has 4 nitrogen and oxygen atoms in total. The van der Waals surface area contributed by atoms with E-state index in [4.69, 9.17) is 0 Å². The van der Waals surface area contributed by atoms with Gasteiger partial charge in [0.05, 0.1) is 0 Å². The van der Waals surface area contributed by atoms with Crippen molar-refractivity contribution in [3.63, 3.8) is 0 Å². The molecule has 0 aromatic carbocycles. The van der Waals surface area contributed by atoms with Gasteiger partial charge in [-0.3, -0.25) is 9.59 Å². The largest absolute Gasteiger partial charge is 0.342 e. The van der Waals surface area contributed by atoms with Gasteiger partial charge in [0, 0.05) is 6.54 Å². The Balaban J connectivity index is 2.93. The SMILES string of the molecule is C/C=C/CCN1C(=O)C(C(C)C)NC(=O)C1C(C)C. The highest BCUT2D eigenvalue weighted by Crippen LogP contribution is 2.20. The number of amides is 2. The van der Waals surface area contributed by atoms with Crippen molar-refractivity contribution in [2.24, 2.45) is 11.8 Å². The molecule has 0 radical (unpaired) electrons. The summed E-state index contributed by atoms with van der Waals surface area (Å²) in [6.45, 7) is 10.5. The molecule has 0 aromatic heterocycles. The van der Waals surface area contributed by atoms with Gasteiger partial charge in [-0.05, 0) is 25.2 Å². The molecule has 0 spiro atoms. The molecule has 1 saturated heterocycles. The number of hydrogen-bond acceptors (Lipinski definition) is 2. The Hall–Kier alpha value is -1.32. The monoisotopic (exact) mass is 266 g/mol. The third-order valence-electron chi connectivity index (χ3n) is 3.52. The molecule has 0 aromatic rings. The molecule has 1 aliphatic rings. The molecule has 1 heterocycles. The fourth-order valence-electron chi connectivity index (χ4n) is 2.50. The normalized spacial score (nSPS) is 24.7. The van der Waals surface area contributed by atoms with E-state index in [9.17, 15) is 9.59 Å². The van der Waals surface area contributed by atoms with Gasteiger partial charge in [0.15, 0.2) is 0 Å². The minimum absolute atomic E-state index is 0.0196. The molecule has 2 amide bonds. The predicted molar refractivity (Wildman–Crippen MR) is 76.5 cm³/mol. The van der Waals surface area contributed by atoms with Crippen LogP contribution in [0, 0.1) is 11.8 Å². The summed E-state index contributed by atoms with van der Waals surface area (Å²) in [7, 11) is 0. The van der Waals surface area contributed by atoms with Gasteiger partial charge >= 0.3 is 0 Å². The Morgan fingerprint density at radius 2 is 1.84 bits per heavy atom. The summed E-state index contributed by atoms with van der Waals surface area (Å²) in [5.41, 5.74) is 0. The highest BCUT2D eigenvalue weighted by atomic mass is 16.2. The number of carbonyl (C=O) groups excluding carboxylic acids is 2. The first-order valence-corrected chi connectivity index (χ1v) is 7.12.